The fourth-order valence-corrected chi connectivity index (χ4v) is 4.61. The number of aryl methyl sites for hydroxylation is 2. The van der Waals surface area contributed by atoms with E-state index in [1.54, 1.807) is 23.3 Å². The fraction of sp³-hybridized carbons (Fsp3) is 0.524. The van der Waals surface area contributed by atoms with Gasteiger partial charge in [0.15, 0.2) is 0 Å². The normalized spacial score (nSPS) is 23.4. The van der Waals surface area contributed by atoms with Gasteiger partial charge in [-0.25, -0.2) is 0 Å². The van der Waals surface area contributed by atoms with Crippen molar-refractivity contribution in [2.45, 2.75) is 19.3 Å². The molecular formula is C21H27N5O3. The predicted octanol–water partition coefficient (Wildman–Crippen LogP) is 0.270. The van der Waals surface area contributed by atoms with Crippen molar-refractivity contribution in [3.05, 3.63) is 48.0 Å². The molecule has 0 spiro atoms. The summed E-state index contributed by atoms with van der Waals surface area (Å²) in [5.74, 6) is 0.266. The van der Waals surface area contributed by atoms with Gasteiger partial charge in [-0.1, -0.05) is 6.07 Å². The van der Waals surface area contributed by atoms with E-state index in [0.717, 1.165) is 11.3 Å². The molecule has 2 saturated heterocycles. The summed E-state index contributed by atoms with van der Waals surface area (Å²) < 4.78 is 1.78. The molecule has 0 aromatic carbocycles. The second-order valence-electron chi connectivity index (χ2n) is 8.25. The van der Waals surface area contributed by atoms with Crippen molar-refractivity contribution in [2.75, 3.05) is 32.8 Å². The van der Waals surface area contributed by atoms with Gasteiger partial charge in [-0.15, -0.1) is 0 Å². The van der Waals surface area contributed by atoms with Gasteiger partial charge in [-0.05, 0) is 24.1 Å². The highest BCUT2D eigenvalue weighted by molar-refractivity contribution is 5.80. The quantitative estimate of drug-likeness (QED) is 0.756. The molecule has 1 N–H and O–H groups in total. The number of aliphatic hydroxyl groups excluding tert-OH is 1. The van der Waals surface area contributed by atoms with Gasteiger partial charge < -0.3 is 14.9 Å². The fourth-order valence-electron chi connectivity index (χ4n) is 4.61. The van der Waals surface area contributed by atoms with E-state index in [4.69, 9.17) is 0 Å². The maximum absolute atomic E-state index is 12.7. The molecule has 4 heterocycles. The molecule has 0 bridgehead atoms. The number of rotatable bonds is 6. The predicted molar refractivity (Wildman–Crippen MR) is 106 cm³/mol. The van der Waals surface area contributed by atoms with Crippen LogP contribution >= 0.6 is 0 Å². The van der Waals surface area contributed by atoms with Gasteiger partial charge in [-0.3, -0.25) is 19.3 Å². The third kappa shape index (κ3) is 3.89. The summed E-state index contributed by atoms with van der Waals surface area (Å²) in [5, 5.41) is 14.3. The molecule has 2 aliphatic rings. The highest BCUT2D eigenvalue weighted by Gasteiger charge is 2.53. The van der Waals surface area contributed by atoms with Gasteiger partial charge in [0, 0.05) is 75.3 Å². The lowest BCUT2D eigenvalue weighted by Crippen LogP contribution is -2.40. The first-order valence-electron chi connectivity index (χ1n) is 10.0. The summed E-state index contributed by atoms with van der Waals surface area (Å²) in [6.45, 7) is 2.18. The van der Waals surface area contributed by atoms with Gasteiger partial charge in [0.05, 0.1) is 13.0 Å². The molecule has 0 saturated carbocycles. The number of aliphatic hydroxyl groups is 1. The number of hydrogen-bond acceptors (Lipinski definition) is 5. The Bertz CT molecular complexity index is 883. The Kier molecular flexibility index (Phi) is 5.36. The number of carbonyl (C=O) groups excluding carboxylic acids is 2. The number of pyridine rings is 1. The number of likely N-dealkylation sites (tertiary alicyclic amines) is 2. The van der Waals surface area contributed by atoms with Crippen LogP contribution in [0.25, 0.3) is 0 Å². The summed E-state index contributed by atoms with van der Waals surface area (Å²) in [7, 11) is 1.87. The molecule has 4 rings (SSSR count). The van der Waals surface area contributed by atoms with E-state index in [1.165, 1.54) is 0 Å². The van der Waals surface area contributed by atoms with E-state index < -0.39 is 5.41 Å². The van der Waals surface area contributed by atoms with E-state index in [-0.39, 0.29) is 24.3 Å². The molecule has 8 heteroatoms. The Morgan fingerprint density at radius 2 is 1.93 bits per heavy atom. The van der Waals surface area contributed by atoms with Crippen molar-refractivity contribution in [3.8, 4) is 0 Å². The lowest BCUT2D eigenvalue weighted by atomic mass is 9.82. The smallest absolute Gasteiger partial charge is 0.227 e. The molecule has 2 fully saturated rings. The van der Waals surface area contributed by atoms with Crippen molar-refractivity contribution >= 4 is 11.8 Å². The Hall–Kier alpha value is -2.74. The van der Waals surface area contributed by atoms with Gasteiger partial charge >= 0.3 is 0 Å². The summed E-state index contributed by atoms with van der Waals surface area (Å²) in [6, 6.07) is 5.64. The summed E-state index contributed by atoms with van der Waals surface area (Å²) in [4.78, 5) is 33.2. The molecule has 0 aliphatic carbocycles. The Labute approximate surface area is 170 Å². The van der Waals surface area contributed by atoms with Crippen LogP contribution in [0.5, 0.6) is 0 Å². The zero-order valence-corrected chi connectivity index (χ0v) is 16.7. The SMILES string of the molecule is Cn1nccc1CCC(=O)N1CC2CN(C(=O)Cc3cccnc3)CC2(CO)C1. The standard InChI is InChI=1S/C21H27N5O3/c1-24-18(6-8-23-24)4-5-19(28)25-11-17-12-26(14-21(17,13-25)15-27)20(29)9-16-3-2-7-22-10-16/h2-3,6-8,10,17,27H,4-5,9,11-15H2,1H3. The van der Waals surface area contributed by atoms with Crippen LogP contribution in [-0.4, -0.2) is 74.3 Å². The summed E-state index contributed by atoms with van der Waals surface area (Å²) in [6.07, 6.45) is 6.53. The number of nitrogens with zero attached hydrogens (tertiary/aromatic N) is 5. The molecule has 0 radical (unpaired) electrons. The van der Waals surface area contributed by atoms with Crippen LogP contribution in [0, 0.1) is 11.3 Å². The number of carbonyl (C=O) groups is 2. The molecule has 2 aromatic rings. The Morgan fingerprint density at radius 3 is 2.52 bits per heavy atom. The molecule has 2 atom stereocenters. The number of hydrogen-bond donors (Lipinski definition) is 1. The van der Waals surface area contributed by atoms with Crippen LogP contribution in [-0.2, 0) is 29.5 Å². The minimum atomic E-state index is -0.410. The zero-order valence-electron chi connectivity index (χ0n) is 16.7. The van der Waals surface area contributed by atoms with Gasteiger partial charge in [0.25, 0.3) is 0 Å². The van der Waals surface area contributed by atoms with Crippen LogP contribution in [0.3, 0.4) is 0 Å². The molecule has 2 amide bonds. The number of fused-ring (bicyclic) bond motifs is 1. The van der Waals surface area contributed by atoms with E-state index in [1.807, 2.05) is 35.0 Å². The van der Waals surface area contributed by atoms with Gasteiger partial charge in [0.2, 0.25) is 11.8 Å². The molecule has 2 aliphatic heterocycles. The maximum Gasteiger partial charge on any atom is 0.227 e. The minimum Gasteiger partial charge on any atom is -0.396 e. The van der Waals surface area contributed by atoms with Gasteiger partial charge in [0.1, 0.15) is 0 Å². The van der Waals surface area contributed by atoms with Crippen LogP contribution < -0.4 is 0 Å². The third-order valence-electron chi connectivity index (χ3n) is 6.37. The highest BCUT2D eigenvalue weighted by atomic mass is 16.3. The van der Waals surface area contributed by atoms with Crippen LogP contribution in [0.4, 0.5) is 0 Å². The minimum absolute atomic E-state index is 0.0140. The van der Waals surface area contributed by atoms with Gasteiger partial charge in [-0.2, -0.15) is 5.10 Å². The first-order valence-corrected chi connectivity index (χ1v) is 10.0. The topological polar surface area (TPSA) is 91.6 Å². The first-order chi connectivity index (χ1) is 14.0. The zero-order chi connectivity index (χ0) is 20.4. The summed E-state index contributed by atoms with van der Waals surface area (Å²) >= 11 is 0. The number of aromatic nitrogens is 3. The van der Waals surface area contributed by atoms with Crippen LogP contribution in [0.15, 0.2) is 36.8 Å². The second-order valence-corrected chi connectivity index (χ2v) is 8.25. The second kappa shape index (κ2) is 7.94. The highest BCUT2D eigenvalue weighted by Crippen LogP contribution is 2.42. The van der Waals surface area contributed by atoms with Crippen molar-refractivity contribution in [2.24, 2.45) is 18.4 Å². The molecule has 29 heavy (non-hydrogen) atoms. The molecule has 154 valence electrons. The lowest BCUT2D eigenvalue weighted by Gasteiger charge is -2.27. The largest absolute Gasteiger partial charge is 0.396 e. The van der Waals surface area contributed by atoms with E-state index in [9.17, 15) is 14.7 Å². The van der Waals surface area contributed by atoms with E-state index in [2.05, 4.69) is 10.1 Å². The monoisotopic (exact) mass is 397 g/mol. The summed E-state index contributed by atoms with van der Waals surface area (Å²) in [5.41, 5.74) is 1.51. The number of amides is 2. The average Bonchev–Trinajstić information content (AvgIpc) is 3.39. The van der Waals surface area contributed by atoms with E-state index >= 15 is 0 Å². The maximum atomic E-state index is 12.7. The van der Waals surface area contributed by atoms with Crippen molar-refractivity contribution < 1.29 is 14.7 Å². The van der Waals surface area contributed by atoms with Crippen LogP contribution in [0.2, 0.25) is 0 Å². The molecular weight excluding hydrogens is 370 g/mol. The molecule has 2 aromatic heterocycles. The third-order valence-corrected chi connectivity index (χ3v) is 6.37. The average molecular weight is 397 g/mol. The molecule has 2 unspecified atom stereocenters. The molecule has 8 nitrogen and oxygen atoms in total. The lowest BCUT2D eigenvalue weighted by molar-refractivity contribution is -0.131. The Morgan fingerprint density at radius 1 is 1.17 bits per heavy atom. The van der Waals surface area contributed by atoms with Crippen LogP contribution in [0.1, 0.15) is 17.7 Å². The Balaban J connectivity index is 1.35. The van der Waals surface area contributed by atoms with Crippen molar-refractivity contribution in [3.63, 3.8) is 0 Å². The van der Waals surface area contributed by atoms with Crippen molar-refractivity contribution in [1.82, 2.24) is 24.6 Å². The first kappa shape index (κ1) is 19.6. The van der Waals surface area contributed by atoms with E-state index in [0.29, 0.717) is 45.4 Å². The van der Waals surface area contributed by atoms with Crippen molar-refractivity contribution in [1.29, 1.82) is 0 Å².